The van der Waals surface area contributed by atoms with Gasteiger partial charge in [0.15, 0.2) is 5.82 Å². The van der Waals surface area contributed by atoms with Crippen LogP contribution in [0.25, 0.3) is 0 Å². The first kappa shape index (κ1) is 15.5. The molecule has 1 aromatic carbocycles. The maximum absolute atomic E-state index is 12.9. The number of carbonyl (C=O) groups is 2. The van der Waals surface area contributed by atoms with Crippen molar-refractivity contribution in [3.63, 3.8) is 0 Å². The predicted octanol–water partition coefficient (Wildman–Crippen LogP) is 2.39. The fraction of sp³-hybridized carbons (Fsp3) is 0.333. The van der Waals surface area contributed by atoms with Gasteiger partial charge >= 0.3 is 6.03 Å². The highest BCUT2D eigenvalue weighted by atomic mass is 35.5. The molecule has 0 aliphatic carbocycles. The van der Waals surface area contributed by atoms with Gasteiger partial charge in [0.2, 0.25) is 5.89 Å². The molecule has 0 unspecified atom stereocenters. The van der Waals surface area contributed by atoms with Crippen molar-refractivity contribution < 1.29 is 14.1 Å². The molecule has 0 bridgehead atoms. The zero-order valence-corrected chi connectivity index (χ0v) is 13.4. The highest BCUT2D eigenvalue weighted by Crippen LogP contribution is 2.33. The molecule has 0 saturated carbocycles. The molecule has 1 aromatic heterocycles. The smallest absolute Gasteiger partial charge is 0.325 e. The Morgan fingerprint density at radius 2 is 2.00 bits per heavy atom. The van der Waals surface area contributed by atoms with Crippen LogP contribution in [0.1, 0.15) is 30.6 Å². The minimum Gasteiger partial charge on any atom is -0.337 e. The SMILES string of the molecule is CC[C@]1(c2ccc(Cl)cc2)NC(=O)N(Cc2nc(C)no2)C1=O. The fourth-order valence-electron chi connectivity index (χ4n) is 2.68. The lowest BCUT2D eigenvalue weighted by Gasteiger charge is -2.25. The second kappa shape index (κ2) is 5.66. The molecule has 8 heteroatoms. The molecule has 120 valence electrons. The maximum Gasteiger partial charge on any atom is 0.325 e. The first-order chi connectivity index (χ1) is 11.0. The highest BCUT2D eigenvalue weighted by Gasteiger charge is 2.51. The Morgan fingerprint density at radius 1 is 1.30 bits per heavy atom. The van der Waals surface area contributed by atoms with Crippen molar-refractivity contribution in [2.24, 2.45) is 0 Å². The van der Waals surface area contributed by atoms with Crippen molar-refractivity contribution in [2.75, 3.05) is 0 Å². The fourth-order valence-corrected chi connectivity index (χ4v) is 2.81. The van der Waals surface area contributed by atoms with Crippen LogP contribution >= 0.6 is 11.6 Å². The van der Waals surface area contributed by atoms with E-state index in [-0.39, 0.29) is 18.3 Å². The van der Waals surface area contributed by atoms with Crippen LogP contribution < -0.4 is 5.32 Å². The van der Waals surface area contributed by atoms with Gasteiger partial charge in [0, 0.05) is 5.02 Å². The number of nitrogens with zero attached hydrogens (tertiary/aromatic N) is 3. The molecular formula is C15H15ClN4O3. The Balaban J connectivity index is 1.93. The number of amides is 3. The Kier molecular flexibility index (Phi) is 3.81. The van der Waals surface area contributed by atoms with E-state index in [0.29, 0.717) is 22.8 Å². The van der Waals surface area contributed by atoms with Gasteiger partial charge in [-0.15, -0.1) is 0 Å². The lowest BCUT2D eigenvalue weighted by molar-refractivity contribution is -0.132. The van der Waals surface area contributed by atoms with Gasteiger partial charge in [-0.1, -0.05) is 35.8 Å². The van der Waals surface area contributed by atoms with E-state index in [9.17, 15) is 9.59 Å². The van der Waals surface area contributed by atoms with Gasteiger partial charge in [-0.25, -0.2) is 4.79 Å². The largest absolute Gasteiger partial charge is 0.337 e. The number of hydrogen-bond acceptors (Lipinski definition) is 5. The zero-order chi connectivity index (χ0) is 16.6. The van der Waals surface area contributed by atoms with Gasteiger partial charge in [0.25, 0.3) is 5.91 Å². The van der Waals surface area contributed by atoms with Crippen LogP contribution in [-0.4, -0.2) is 27.0 Å². The number of imide groups is 1. The molecular weight excluding hydrogens is 320 g/mol. The van der Waals surface area contributed by atoms with Crippen LogP contribution in [0.2, 0.25) is 5.02 Å². The normalized spacial score (nSPS) is 20.9. The van der Waals surface area contributed by atoms with Gasteiger partial charge in [0.05, 0.1) is 0 Å². The van der Waals surface area contributed by atoms with Crippen molar-refractivity contribution in [3.05, 3.63) is 46.6 Å². The second-order valence-electron chi connectivity index (χ2n) is 5.32. The Labute approximate surface area is 137 Å². The molecule has 2 heterocycles. The van der Waals surface area contributed by atoms with E-state index in [2.05, 4.69) is 15.5 Å². The third-order valence-electron chi connectivity index (χ3n) is 3.91. The van der Waals surface area contributed by atoms with E-state index >= 15 is 0 Å². The topological polar surface area (TPSA) is 88.3 Å². The summed E-state index contributed by atoms with van der Waals surface area (Å²) in [5, 5.41) is 7.01. The van der Waals surface area contributed by atoms with E-state index in [0.717, 1.165) is 4.90 Å². The Hall–Kier alpha value is -2.41. The summed E-state index contributed by atoms with van der Waals surface area (Å²) in [5.74, 6) is 0.323. The van der Waals surface area contributed by atoms with E-state index in [1.807, 2.05) is 6.92 Å². The molecule has 0 spiro atoms. The Morgan fingerprint density at radius 3 is 2.57 bits per heavy atom. The summed E-state index contributed by atoms with van der Waals surface area (Å²) in [5.41, 5.74) is -0.413. The second-order valence-corrected chi connectivity index (χ2v) is 5.76. The lowest BCUT2D eigenvalue weighted by Crippen LogP contribution is -2.43. The standard InChI is InChI=1S/C15H15ClN4O3/c1-3-15(10-4-6-11(16)7-5-10)13(21)20(14(22)18-15)8-12-17-9(2)19-23-12/h4-7H,3,8H2,1-2H3,(H,18,22)/t15-/m1/s1. The molecule has 1 N–H and O–H groups in total. The minimum atomic E-state index is -1.10. The monoisotopic (exact) mass is 334 g/mol. The molecule has 1 saturated heterocycles. The molecule has 1 fully saturated rings. The first-order valence-electron chi connectivity index (χ1n) is 7.15. The maximum atomic E-state index is 12.9. The Bertz CT molecular complexity index is 758. The van der Waals surface area contributed by atoms with Crippen LogP contribution in [0.5, 0.6) is 0 Å². The number of urea groups is 1. The van der Waals surface area contributed by atoms with E-state index < -0.39 is 11.6 Å². The number of benzene rings is 1. The number of carbonyl (C=O) groups excluding carboxylic acids is 2. The molecule has 7 nitrogen and oxygen atoms in total. The summed E-state index contributed by atoms with van der Waals surface area (Å²) in [4.78, 5) is 30.3. The summed E-state index contributed by atoms with van der Waals surface area (Å²) in [6, 6.07) is 6.38. The number of halogens is 1. The molecule has 1 aliphatic heterocycles. The zero-order valence-electron chi connectivity index (χ0n) is 12.7. The number of aryl methyl sites for hydroxylation is 1. The molecule has 3 amide bonds. The van der Waals surface area contributed by atoms with E-state index in [1.165, 1.54) is 0 Å². The molecule has 23 heavy (non-hydrogen) atoms. The first-order valence-corrected chi connectivity index (χ1v) is 7.53. The average molecular weight is 335 g/mol. The lowest BCUT2D eigenvalue weighted by atomic mass is 9.87. The number of rotatable bonds is 4. The predicted molar refractivity (Wildman–Crippen MR) is 81.5 cm³/mol. The van der Waals surface area contributed by atoms with Gasteiger partial charge in [-0.2, -0.15) is 4.98 Å². The summed E-state index contributed by atoms with van der Waals surface area (Å²) in [7, 11) is 0. The molecule has 2 aromatic rings. The van der Waals surface area contributed by atoms with Crippen molar-refractivity contribution in [1.82, 2.24) is 20.4 Å². The van der Waals surface area contributed by atoms with Crippen LogP contribution in [0, 0.1) is 6.92 Å². The highest BCUT2D eigenvalue weighted by molar-refractivity contribution is 6.30. The number of nitrogens with one attached hydrogen (secondary N) is 1. The van der Waals surface area contributed by atoms with Crippen LogP contribution in [0.4, 0.5) is 4.79 Å². The van der Waals surface area contributed by atoms with Crippen molar-refractivity contribution >= 4 is 23.5 Å². The summed E-state index contributed by atoms with van der Waals surface area (Å²) < 4.78 is 4.99. The molecule has 3 rings (SSSR count). The third-order valence-corrected chi connectivity index (χ3v) is 4.16. The van der Waals surface area contributed by atoms with Gasteiger partial charge < -0.3 is 9.84 Å². The third kappa shape index (κ3) is 2.57. The van der Waals surface area contributed by atoms with Crippen LogP contribution in [0.3, 0.4) is 0 Å². The summed E-state index contributed by atoms with van der Waals surface area (Å²) in [6.07, 6.45) is 0.415. The quantitative estimate of drug-likeness (QED) is 0.867. The molecule has 0 radical (unpaired) electrons. The van der Waals surface area contributed by atoms with Crippen molar-refractivity contribution in [2.45, 2.75) is 32.4 Å². The van der Waals surface area contributed by atoms with Gasteiger partial charge in [-0.3, -0.25) is 9.69 Å². The van der Waals surface area contributed by atoms with Gasteiger partial charge in [-0.05, 0) is 31.0 Å². The van der Waals surface area contributed by atoms with E-state index in [1.54, 1.807) is 31.2 Å². The number of hydrogen-bond donors (Lipinski definition) is 1. The molecule has 1 atom stereocenters. The van der Waals surface area contributed by atoms with Crippen LogP contribution in [-0.2, 0) is 16.9 Å². The van der Waals surface area contributed by atoms with Crippen molar-refractivity contribution in [1.29, 1.82) is 0 Å². The average Bonchev–Trinajstić information content (AvgIpc) is 3.05. The van der Waals surface area contributed by atoms with Crippen LogP contribution in [0.15, 0.2) is 28.8 Å². The number of aromatic nitrogens is 2. The minimum absolute atomic E-state index is 0.0547. The summed E-state index contributed by atoms with van der Waals surface area (Å²) >= 11 is 5.90. The molecule has 1 aliphatic rings. The summed E-state index contributed by atoms with van der Waals surface area (Å²) in [6.45, 7) is 3.46. The van der Waals surface area contributed by atoms with Crippen molar-refractivity contribution in [3.8, 4) is 0 Å². The van der Waals surface area contributed by atoms with Gasteiger partial charge in [0.1, 0.15) is 12.1 Å². The van der Waals surface area contributed by atoms with E-state index in [4.69, 9.17) is 16.1 Å².